The molecule has 0 saturated carbocycles. The molecule has 4 rings (SSSR count). The van der Waals surface area contributed by atoms with E-state index in [0.717, 1.165) is 48.5 Å². The number of carbonyl (C=O) groups is 1. The van der Waals surface area contributed by atoms with E-state index in [9.17, 15) is 4.79 Å². The van der Waals surface area contributed by atoms with Gasteiger partial charge in [-0.2, -0.15) is 0 Å². The third-order valence-electron chi connectivity index (χ3n) is 5.11. The number of anilines is 1. The number of rotatable bonds is 4. The van der Waals surface area contributed by atoms with E-state index in [1.165, 1.54) is 0 Å². The summed E-state index contributed by atoms with van der Waals surface area (Å²) < 4.78 is 7.42. The molecule has 8 nitrogen and oxygen atoms in total. The van der Waals surface area contributed by atoms with Gasteiger partial charge in [-0.15, -0.1) is 5.10 Å². The highest BCUT2D eigenvalue weighted by molar-refractivity contribution is 5.69. The van der Waals surface area contributed by atoms with Crippen LogP contribution >= 0.6 is 0 Å². The Bertz CT molecular complexity index is 1010. The molecule has 0 spiro atoms. The van der Waals surface area contributed by atoms with Crippen molar-refractivity contribution in [2.45, 2.75) is 51.7 Å². The van der Waals surface area contributed by atoms with Crippen LogP contribution in [-0.4, -0.2) is 55.3 Å². The Kier molecular flexibility index (Phi) is 5.57. The first-order chi connectivity index (χ1) is 14.4. The largest absolute Gasteiger partial charge is 0.444 e. The minimum Gasteiger partial charge on any atom is -0.444 e. The summed E-state index contributed by atoms with van der Waals surface area (Å²) in [5.41, 5.74) is 2.19. The quantitative estimate of drug-likeness (QED) is 0.703. The minimum atomic E-state index is -0.496. The van der Waals surface area contributed by atoms with Crippen molar-refractivity contribution in [2.24, 2.45) is 0 Å². The number of fused-ring (bicyclic) bond motifs is 1. The normalized spacial score (nSPS) is 17.2. The third-order valence-corrected chi connectivity index (χ3v) is 5.11. The molecule has 0 aromatic carbocycles. The zero-order valence-corrected chi connectivity index (χ0v) is 17.7. The van der Waals surface area contributed by atoms with E-state index in [1.54, 1.807) is 12.4 Å². The maximum Gasteiger partial charge on any atom is 0.410 e. The number of aromatic nitrogens is 4. The molecule has 1 fully saturated rings. The topological polar surface area (TPSA) is 84.6 Å². The summed E-state index contributed by atoms with van der Waals surface area (Å²) >= 11 is 0. The Hall–Kier alpha value is -3.16. The monoisotopic (exact) mass is 408 g/mol. The van der Waals surface area contributed by atoms with Crippen molar-refractivity contribution in [3.63, 3.8) is 0 Å². The van der Waals surface area contributed by atoms with Crippen molar-refractivity contribution in [1.29, 1.82) is 0 Å². The van der Waals surface area contributed by atoms with E-state index in [-0.39, 0.29) is 12.1 Å². The van der Waals surface area contributed by atoms with Gasteiger partial charge in [0.2, 0.25) is 0 Å². The molecule has 0 aliphatic carbocycles. The Balaban J connectivity index is 1.49. The number of carbonyl (C=O) groups excluding carboxylic acids is 1. The molecule has 1 aliphatic heterocycles. The molecule has 0 radical (unpaired) electrons. The van der Waals surface area contributed by atoms with Gasteiger partial charge in [-0.05, 0) is 64.3 Å². The van der Waals surface area contributed by atoms with Crippen LogP contribution in [0.3, 0.4) is 0 Å². The zero-order chi connectivity index (χ0) is 21.1. The van der Waals surface area contributed by atoms with Crippen LogP contribution in [-0.2, 0) is 4.74 Å². The number of piperidine rings is 1. The van der Waals surface area contributed by atoms with Crippen molar-refractivity contribution in [3.8, 4) is 11.3 Å². The third kappa shape index (κ3) is 4.53. The second kappa shape index (κ2) is 8.30. The summed E-state index contributed by atoms with van der Waals surface area (Å²) in [5, 5.41) is 8.11. The van der Waals surface area contributed by atoms with Crippen molar-refractivity contribution < 1.29 is 9.53 Å². The molecular formula is C22H28N6O2. The minimum absolute atomic E-state index is 0.0774. The number of nitrogens with one attached hydrogen (secondary N) is 1. The van der Waals surface area contributed by atoms with Crippen molar-refractivity contribution in [2.75, 3.05) is 18.4 Å². The lowest BCUT2D eigenvalue weighted by atomic mass is 10.0. The second-order valence-corrected chi connectivity index (χ2v) is 8.57. The number of likely N-dealkylation sites (tertiary alicyclic amines) is 1. The first-order valence-electron chi connectivity index (χ1n) is 10.4. The smallest absolute Gasteiger partial charge is 0.410 e. The van der Waals surface area contributed by atoms with Crippen LogP contribution in [0.25, 0.3) is 16.9 Å². The maximum absolute atomic E-state index is 12.6. The SMILES string of the molecule is CC(C)(C)OC(=O)N1CCCCC1CNc1ccc2ncc(-c3ccncc3)n2n1. The van der Waals surface area contributed by atoms with Crippen molar-refractivity contribution in [3.05, 3.63) is 42.9 Å². The fourth-order valence-electron chi connectivity index (χ4n) is 3.68. The summed E-state index contributed by atoms with van der Waals surface area (Å²) in [6.07, 6.45) is 8.13. The van der Waals surface area contributed by atoms with E-state index in [1.807, 2.05) is 60.6 Å². The summed E-state index contributed by atoms with van der Waals surface area (Å²) in [6, 6.07) is 7.80. The number of hydrogen-bond acceptors (Lipinski definition) is 6. The van der Waals surface area contributed by atoms with Crippen LogP contribution in [0.5, 0.6) is 0 Å². The molecule has 1 N–H and O–H groups in total. The maximum atomic E-state index is 12.6. The first kappa shape index (κ1) is 20.1. The summed E-state index contributed by atoms with van der Waals surface area (Å²) in [6.45, 7) is 7.03. The number of hydrogen-bond donors (Lipinski definition) is 1. The standard InChI is InChI=1S/C22H28N6O2/c1-22(2,3)30-21(29)27-13-5-4-6-17(27)14-24-19-7-8-20-25-15-18(28(20)26-19)16-9-11-23-12-10-16/h7-12,15,17H,4-6,13-14H2,1-3H3,(H,24,26). The molecule has 1 saturated heterocycles. The van der Waals surface area contributed by atoms with Gasteiger partial charge < -0.3 is 15.0 Å². The zero-order valence-electron chi connectivity index (χ0n) is 17.7. The average molecular weight is 409 g/mol. The van der Waals surface area contributed by atoms with Crippen LogP contribution in [0.15, 0.2) is 42.9 Å². The Morgan fingerprint density at radius 3 is 2.77 bits per heavy atom. The molecule has 1 aliphatic rings. The average Bonchev–Trinajstić information content (AvgIpc) is 3.15. The van der Waals surface area contributed by atoms with Crippen LogP contribution in [0.4, 0.5) is 10.6 Å². The summed E-state index contributed by atoms with van der Waals surface area (Å²) in [5.74, 6) is 0.741. The molecule has 1 amide bonds. The van der Waals surface area contributed by atoms with Crippen LogP contribution in [0, 0.1) is 0 Å². The van der Waals surface area contributed by atoms with Gasteiger partial charge in [0.05, 0.1) is 17.9 Å². The molecule has 1 unspecified atom stereocenters. The predicted octanol–water partition coefficient (Wildman–Crippen LogP) is 3.99. The number of pyridine rings is 1. The molecule has 3 aromatic rings. The van der Waals surface area contributed by atoms with Gasteiger partial charge in [-0.3, -0.25) is 4.98 Å². The Morgan fingerprint density at radius 1 is 1.20 bits per heavy atom. The number of amides is 1. The van der Waals surface area contributed by atoms with Crippen LogP contribution < -0.4 is 5.32 Å². The van der Waals surface area contributed by atoms with E-state index in [0.29, 0.717) is 6.54 Å². The van der Waals surface area contributed by atoms with E-state index in [4.69, 9.17) is 9.84 Å². The van der Waals surface area contributed by atoms with Crippen LogP contribution in [0.2, 0.25) is 0 Å². The van der Waals surface area contributed by atoms with Gasteiger partial charge in [0.1, 0.15) is 11.4 Å². The lowest BCUT2D eigenvalue weighted by Gasteiger charge is -2.36. The van der Waals surface area contributed by atoms with Gasteiger partial charge in [0, 0.05) is 31.0 Å². The molecule has 30 heavy (non-hydrogen) atoms. The molecule has 1 atom stereocenters. The fraction of sp³-hybridized carbons (Fsp3) is 0.455. The summed E-state index contributed by atoms with van der Waals surface area (Å²) in [4.78, 5) is 23.0. The lowest BCUT2D eigenvalue weighted by molar-refractivity contribution is 0.0114. The van der Waals surface area contributed by atoms with Gasteiger partial charge in [0.15, 0.2) is 5.65 Å². The van der Waals surface area contributed by atoms with Gasteiger partial charge in [-0.25, -0.2) is 14.3 Å². The predicted molar refractivity (Wildman–Crippen MR) is 115 cm³/mol. The fourth-order valence-corrected chi connectivity index (χ4v) is 3.68. The van der Waals surface area contributed by atoms with Gasteiger partial charge in [-0.1, -0.05) is 0 Å². The number of imidazole rings is 1. The Morgan fingerprint density at radius 2 is 2.00 bits per heavy atom. The van der Waals surface area contributed by atoms with Crippen molar-refractivity contribution >= 4 is 17.6 Å². The molecule has 0 bridgehead atoms. The van der Waals surface area contributed by atoms with Crippen LogP contribution in [0.1, 0.15) is 40.0 Å². The van der Waals surface area contributed by atoms with Gasteiger partial charge in [0.25, 0.3) is 0 Å². The molecule has 8 heteroatoms. The summed E-state index contributed by atoms with van der Waals surface area (Å²) in [7, 11) is 0. The van der Waals surface area contributed by atoms with E-state index in [2.05, 4.69) is 15.3 Å². The van der Waals surface area contributed by atoms with E-state index < -0.39 is 5.60 Å². The number of nitrogens with zero attached hydrogens (tertiary/aromatic N) is 5. The second-order valence-electron chi connectivity index (χ2n) is 8.57. The highest BCUT2D eigenvalue weighted by atomic mass is 16.6. The highest BCUT2D eigenvalue weighted by Crippen LogP contribution is 2.22. The number of ether oxygens (including phenoxy) is 1. The van der Waals surface area contributed by atoms with Crippen molar-refractivity contribution in [1.82, 2.24) is 24.5 Å². The molecule has 3 aromatic heterocycles. The Labute approximate surface area is 176 Å². The van der Waals surface area contributed by atoms with Gasteiger partial charge >= 0.3 is 6.09 Å². The molecule has 4 heterocycles. The molecular weight excluding hydrogens is 380 g/mol. The molecule has 158 valence electrons. The highest BCUT2D eigenvalue weighted by Gasteiger charge is 2.30. The lowest BCUT2D eigenvalue weighted by Crippen LogP contribution is -2.49. The first-order valence-corrected chi connectivity index (χ1v) is 10.4. The van der Waals surface area contributed by atoms with E-state index >= 15 is 0 Å².